The van der Waals surface area contributed by atoms with Gasteiger partial charge in [-0.1, -0.05) is 25.1 Å². The first kappa shape index (κ1) is 11.7. The maximum Gasteiger partial charge on any atom is 0.354 e. The van der Waals surface area contributed by atoms with E-state index in [1.807, 2.05) is 31.2 Å². The zero-order valence-electron chi connectivity index (χ0n) is 9.72. The first-order chi connectivity index (χ1) is 8.24. The molecule has 1 N–H and O–H groups in total. The summed E-state index contributed by atoms with van der Waals surface area (Å²) in [6.45, 7) is 2.49. The summed E-state index contributed by atoms with van der Waals surface area (Å²) in [7, 11) is 0. The molecule has 1 aromatic rings. The van der Waals surface area contributed by atoms with E-state index in [2.05, 4.69) is 0 Å². The van der Waals surface area contributed by atoms with E-state index in [9.17, 15) is 4.79 Å². The van der Waals surface area contributed by atoms with E-state index in [4.69, 9.17) is 9.94 Å². The second-order valence-electron chi connectivity index (χ2n) is 3.85. The van der Waals surface area contributed by atoms with Gasteiger partial charge in [-0.2, -0.15) is 0 Å². The van der Waals surface area contributed by atoms with E-state index < -0.39 is 5.97 Å². The van der Waals surface area contributed by atoms with Gasteiger partial charge in [-0.15, -0.1) is 0 Å². The predicted molar refractivity (Wildman–Crippen MR) is 64.6 cm³/mol. The fourth-order valence-corrected chi connectivity index (χ4v) is 1.80. The molecule has 0 aromatic heterocycles. The molecule has 4 nitrogen and oxygen atoms in total. The van der Waals surface area contributed by atoms with Gasteiger partial charge in [-0.3, -0.25) is 4.84 Å². The van der Waals surface area contributed by atoms with Crippen LogP contribution >= 0.6 is 0 Å². The number of anilines is 1. The highest BCUT2D eigenvalue weighted by molar-refractivity contribution is 5.91. The maximum atomic E-state index is 11.1. The number of aliphatic carboxylic acids is 1. The normalized spacial score (nSPS) is 14.2. The summed E-state index contributed by atoms with van der Waals surface area (Å²) in [5.41, 5.74) is 2.09. The average Bonchev–Trinajstić information content (AvgIpc) is 2.35. The molecule has 0 aliphatic carbocycles. The van der Waals surface area contributed by atoms with E-state index in [1.54, 1.807) is 6.08 Å². The molecule has 0 atom stereocenters. The molecule has 1 heterocycles. The number of hydrogen-bond acceptors (Lipinski definition) is 3. The van der Waals surface area contributed by atoms with Crippen molar-refractivity contribution < 1.29 is 14.7 Å². The molecular formula is C13H15NO3. The van der Waals surface area contributed by atoms with Crippen molar-refractivity contribution in [3.63, 3.8) is 0 Å². The van der Waals surface area contributed by atoms with Crippen molar-refractivity contribution in [1.29, 1.82) is 0 Å². The molecule has 0 unspecified atom stereocenters. The molecule has 0 fully saturated rings. The molecule has 1 aliphatic heterocycles. The largest absolute Gasteiger partial charge is 0.477 e. The van der Waals surface area contributed by atoms with Gasteiger partial charge in [-0.25, -0.2) is 9.86 Å². The number of allylic oxidation sites excluding steroid dienone is 1. The lowest BCUT2D eigenvalue weighted by molar-refractivity contribution is -0.133. The highest BCUT2D eigenvalue weighted by Crippen LogP contribution is 2.29. The number of benzene rings is 1. The Morgan fingerprint density at radius 2 is 2.24 bits per heavy atom. The first-order valence-corrected chi connectivity index (χ1v) is 5.68. The highest BCUT2D eigenvalue weighted by Gasteiger charge is 2.24. The number of carbonyl (C=O) groups is 1. The summed E-state index contributed by atoms with van der Waals surface area (Å²) in [4.78, 5) is 16.7. The van der Waals surface area contributed by atoms with Crippen LogP contribution < -0.4 is 5.06 Å². The topological polar surface area (TPSA) is 49.8 Å². The van der Waals surface area contributed by atoms with Gasteiger partial charge in [0.15, 0.2) is 5.70 Å². The Morgan fingerprint density at radius 3 is 2.94 bits per heavy atom. The van der Waals surface area contributed by atoms with E-state index in [1.165, 1.54) is 5.06 Å². The zero-order valence-corrected chi connectivity index (χ0v) is 9.72. The van der Waals surface area contributed by atoms with E-state index in [0.29, 0.717) is 13.0 Å². The van der Waals surface area contributed by atoms with Crippen LogP contribution in [0.25, 0.3) is 0 Å². The van der Waals surface area contributed by atoms with Gasteiger partial charge in [-0.05, 0) is 30.5 Å². The fraction of sp³-hybridized carbons (Fsp3) is 0.308. The van der Waals surface area contributed by atoms with Crippen LogP contribution in [0.4, 0.5) is 5.69 Å². The molecule has 90 valence electrons. The van der Waals surface area contributed by atoms with Crippen LogP contribution in [0.5, 0.6) is 0 Å². The number of fused-ring (bicyclic) bond motifs is 1. The van der Waals surface area contributed by atoms with Crippen molar-refractivity contribution in [2.75, 3.05) is 11.7 Å². The molecule has 0 saturated carbocycles. The lowest BCUT2D eigenvalue weighted by atomic mass is 10.0. The van der Waals surface area contributed by atoms with Crippen LogP contribution in [0, 0.1) is 0 Å². The molecule has 0 radical (unpaired) electrons. The number of carboxylic acid groups (broad SMARTS) is 1. The lowest BCUT2D eigenvalue weighted by Crippen LogP contribution is -2.31. The van der Waals surface area contributed by atoms with Gasteiger partial charge in [0, 0.05) is 0 Å². The van der Waals surface area contributed by atoms with Gasteiger partial charge in [0.25, 0.3) is 0 Å². The standard InChI is InChI=1S/C13H15NO3/c1-2-9-17-14-11-6-4-3-5-10(11)7-8-12(14)13(15)16/h3-6,8H,2,7,9H2,1H3,(H,15,16). The minimum absolute atomic E-state index is 0.192. The molecule has 0 spiro atoms. The molecule has 0 bridgehead atoms. The third-order valence-electron chi connectivity index (χ3n) is 2.59. The van der Waals surface area contributed by atoms with Crippen LogP contribution in [-0.4, -0.2) is 17.7 Å². The van der Waals surface area contributed by atoms with Gasteiger partial charge >= 0.3 is 5.97 Å². The Labute approximate surface area is 100 Å². The van der Waals surface area contributed by atoms with Crippen LogP contribution in [0.1, 0.15) is 18.9 Å². The van der Waals surface area contributed by atoms with Crippen molar-refractivity contribution in [1.82, 2.24) is 0 Å². The molecule has 2 rings (SSSR count). The van der Waals surface area contributed by atoms with Crippen LogP contribution in [0.15, 0.2) is 36.0 Å². The van der Waals surface area contributed by atoms with E-state index in [0.717, 1.165) is 17.7 Å². The number of hydroxylamine groups is 1. The smallest absolute Gasteiger partial charge is 0.354 e. The van der Waals surface area contributed by atoms with E-state index >= 15 is 0 Å². The minimum atomic E-state index is -0.962. The maximum absolute atomic E-state index is 11.1. The monoisotopic (exact) mass is 233 g/mol. The van der Waals surface area contributed by atoms with E-state index in [-0.39, 0.29) is 5.70 Å². The summed E-state index contributed by atoms with van der Waals surface area (Å²) >= 11 is 0. The summed E-state index contributed by atoms with van der Waals surface area (Å²) < 4.78 is 0. The number of nitrogens with zero attached hydrogens (tertiary/aromatic N) is 1. The number of carboxylic acids is 1. The molecule has 1 aromatic carbocycles. The lowest BCUT2D eigenvalue weighted by Gasteiger charge is -2.29. The first-order valence-electron chi connectivity index (χ1n) is 5.68. The second-order valence-corrected chi connectivity index (χ2v) is 3.85. The SMILES string of the molecule is CCCON1C(C(=O)O)=CCc2ccccc21. The second kappa shape index (κ2) is 5.01. The molecule has 17 heavy (non-hydrogen) atoms. The van der Waals surface area contributed by atoms with Gasteiger partial charge in [0.1, 0.15) is 0 Å². The molecular weight excluding hydrogens is 218 g/mol. The molecule has 1 aliphatic rings. The van der Waals surface area contributed by atoms with Gasteiger partial charge in [0.2, 0.25) is 0 Å². The average molecular weight is 233 g/mol. The van der Waals surface area contributed by atoms with Gasteiger partial charge < -0.3 is 5.11 Å². The number of hydrogen-bond donors (Lipinski definition) is 1. The van der Waals surface area contributed by atoms with Crippen LogP contribution in [0.3, 0.4) is 0 Å². The Morgan fingerprint density at radius 1 is 1.47 bits per heavy atom. The zero-order chi connectivity index (χ0) is 12.3. The molecule has 0 saturated heterocycles. The Kier molecular flexibility index (Phi) is 3.44. The molecule has 4 heteroatoms. The number of para-hydroxylation sites is 1. The van der Waals surface area contributed by atoms with Crippen molar-refractivity contribution in [2.24, 2.45) is 0 Å². The summed E-state index contributed by atoms with van der Waals surface area (Å²) in [5, 5.41) is 10.6. The highest BCUT2D eigenvalue weighted by atomic mass is 16.7. The summed E-state index contributed by atoms with van der Waals surface area (Å²) in [5.74, 6) is -0.962. The quantitative estimate of drug-likeness (QED) is 0.867. The van der Waals surface area contributed by atoms with Gasteiger partial charge in [0.05, 0.1) is 12.3 Å². The fourth-order valence-electron chi connectivity index (χ4n) is 1.80. The summed E-state index contributed by atoms with van der Waals surface area (Å²) in [6.07, 6.45) is 3.15. The molecule has 0 amide bonds. The van der Waals surface area contributed by atoms with Crippen molar-refractivity contribution >= 4 is 11.7 Å². The van der Waals surface area contributed by atoms with Crippen molar-refractivity contribution in [3.05, 3.63) is 41.6 Å². The Balaban J connectivity index is 2.34. The summed E-state index contributed by atoms with van der Waals surface area (Å²) in [6, 6.07) is 7.68. The number of rotatable bonds is 4. The van der Waals surface area contributed by atoms with Crippen LogP contribution in [-0.2, 0) is 16.1 Å². The third kappa shape index (κ3) is 2.31. The van der Waals surface area contributed by atoms with Crippen molar-refractivity contribution in [2.45, 2.75) is 19.8 Å². The Hall–Kier alpha value is -1.81. The third-order valence-corrected chi connectivity index (χ3v) is 2.59. The predicted octanol–water partition coefficient (Wildman–Crippen LogP) is 2.36. The van der Waals surface area contributed by atoms with Crippen molar-refractivity contribution in [3.8, 4) is 0 Å². The van der Waals surface area contributed by atoms with Crippen LogP contribution in [0.2, 0.25) is 0 Å². The minimum Gasteiger partial charge on any atom is -0.477 e. The Bertz CT molecular complexity index is 454.